The molecule has 1 aliphatic rings. The van der Waals surface area contributed by atoms with Gasteiger partial charge < -0.3 is 14.4 Å². The van der Waals surface area contributed by atoms with Crippen molar-refractivity contribution < 1.29 is 27.1 Å². The second-order valence-corrected chi connectivity index (χ2v) is 9.00. The van der Waals surface area contributed by atoms with Crippen LogP contribution < -0.4 is 14.4 Å². The van der Waals surface area contributed by atoms with Gasteiger partial charge in [0, 0.05) is 31.9 Å². The number of anilines is 1. The van der Waals surface area contributed by atoms with Crippen LogP contribution in [-0.4, -0.2) is 53.0 Å². The van der Waals surface area contributed by atoms with Gasteiger partial charge in [0.25, 0.3) is 0 Å². The molecule has 9 heteroatoms. The molecule has 1 aliphatic heterocycles. The molecule has 0 aliphatic carbocycles. The average Bonchev–Trinajstić information content (AvgIpc) is 2.78. The van der Waals surface area contributed by atoms with E-state index in [1.807, 2.05) is 0 Å². The molecule has 3 rings (SSSR count). The molecule has 7 nitrogen and oxygen atoms in total. The number of rotatable bonds is 6. The van der Waals surface area contributed by atoms with Crippen molar-refractivity contribution in [1.82, 2.24) is 4.31 Å². The van der Waals surface area contributed by atoms with Crippen molar-refractivity contribution in [3.05, 3.63) is 48.3 Å². The van der Waals surface area contributed by atoms with E-state index in [1.54, 1.807) is 38.4 Å². The Hall–Kier alpha value is -2.65. The summed E-state index contributed by atoms with van der Waals surface area (Å²) in [7, 11) is 0.514. The highest BCUT2D eigenvalue weighted by Gasteiger charge is 2.36. The fourth-order valence-electron chi connectivity index (χ4n) is 3.57. The molecule has 30 heavy (non-hydrogen) atoms. The first-order valence-electron chi connectivity index (χ1n) is 9.53. The normalized spacial score (nSPS) is 17.4. The number of nitrogens with zero attached hydrogens (tertiary/aromatic N) is 2. The van der Waals surface area contributed by atoms with Gasteiger partial charge in [0.1, 0.15) is 22.2 Å². The Morgan fingerprint density at radius 3 is 2.63 bits per heavy atom. The van der Waals surface area contributed by atoms with Crippen LogP contribution in [0.5, 0.6) is 11.5 Å². The van der Waals surface area contributed by atoms with E-state index < -0.39 is 21.8 Å². The lowest BCUT2D eigenvalue weighted by Gasteiger charge is -2.33. The summed E-state index contributed by atoms with van der Waals surface area (Å²) in [5.74, 6) is -0.674. The van der Waals surface area contributed by atoms with Crippen molar-refractivity contribution in [1.29, 1.82) is 0 Å². The smallest absolute Gasteiger partial charge is 0.246 e. The Kier molecular flexibility index (Phi) is 6.62. The molecule has 0 saturated carbocycles. The van der Waals surface area contributed by atoms with Crippen molar-refractivity contribution in [2.24, 2.45) is 5.92 Å². The van der Waals surface area contributed by atoms with E-state index in [2.05, 4.69) is 0 Å². The Bertz CT molecular complexity index is 1030. The molecule has 0 bridgehead atoms. The molecular weight excluding hydrogens is 411 g/mol. The van der Waals surface area contributed by atoms with Crippen LogP contribution in [0.1, 0.15) is 12.8 Å². The number of hydrogen-bond donors (Lipinski definition) is 0. The predicted octanol–water partition coefficient (Wildman–Crippen LogP) is 2.91. The SMILES string of the molecule is COc1cccc(N(C)C(=O)[C@H]2CCCN(S(=O)(=O)c3cc(F)ccc3OC)C2)c1. The number of halogens is 1. The molecule has 0 N–H and O–H groups in total. The number of benzene rings is 2. The molecule has 0 aromatic heterocycles. The number of carbonyl (C=O) groups is 1. The van der Waals surface area contributed by atoms with Crippen molar-refractivity contribution >= 4 is 21.6 Å². The van der Waals surface area contributed by atoms with Crippen LogP contribution in [0.15, 0.2) is 47.4 Å². The Morgan fingerprint density at radius 1 is 1.17 bits per heavy atom. The van der Waals surface area contributed by atoms with Gasteiger partial charge in [-0.2, -0.15) is 4.31 Å². The third-order valence-electron chi connectivity index (χ3n) is 5.25. The standard InChI is InChI=1S/C21H25FN2O5S/c1-23(17-7-4-8-18(13-17)28-2)21(25)15-6-5-11-24(14-15)30(26,27)20-12-16(22)9-10-19(20)29-3/h4,7-10,12-13,15H,5-6,11,14H2,1-3H3/t15-/m0/s1. The zero-order valence-corrected chi connectivity index (χ0v) is 18.0. The van der Waals surface area contributed by atoms with E-state index in [9.17, 15) is 17.6 Å². The van der Waals surface area contributed by atoms with E-state index in [0.29, 0.717) is 24.3 Å². The fourth-order valence-corrected chi connectivity index (χ4v) is 5.26. The van der Waals surface area contributed by atoms with Gasteiger partial charge in [0.05, 0.1) is 20.1 Å². The minimum absolute atomic E-state index is 0.0230. The monoisotopic (exact) mass is 436 g/mol. The third-order valence-corrected chi connectivity index (χ3v) is 7.13. The molecule has 1 saturated heterocycles. The summed E-state index contributed by atoms with van der Waals surface area (Å²) in [4.78, 5) is 14.3. The number of ether oxygens (including phenoxy) is 2. The minimum Gasteiger partial charge on any atom is -0.497 e. The van der Waals surface area contributed by atoms with Crippen LogP contribution in [0, 0.1) is 11.7 Å². The van der Waals surface area contributed by atoms with Gasteiger partial charge in [-0.05, 0) is 43.2 Å². The van der Waals surface area contributed by atoms with Crippen LogP contribution in [0.2, 0.25) is 0 Å². The highest BCUT2D eigenvalue weighted by Crippen LogP contribution is 2.31. The molecule has 1 fully saturated rings. The number of hydrogen-bond acceptors (Lipinski definition) is 5. The Labute approximate surface area is 176 Å². The lowest BCUT2D eigenvalue weighted by molar-refractivity contribution is -0.123. The van der Waals surface area contributed by atoms with Gasteiger partial charge in [0.15, 0.2) is 0 Å². The van der Waals surface area contributed by atoms with Crippen LogP contribution in [0.4, 0.5) is 10.1 Å². The van der Waals surface area contributed by atoms with Crippen LogP contribution in [0.25, 0.3) is 0 Å². The summed E-state index contributed by atoms with van der Waals surface area (Å²) in [6, 6.07) is 10.5. The van der Waals surface area contributed by atoms with Crippen LogP contribution in [0.3, 0.4) is 0 Å². The van der Waals surface area contributed by atoms with Gasteiger partial charge in [-0.1, -0.05) is 6.07 Å². The highest BCUT2D eigenvalue weighted by atomic mass is 32.2. The first-order valence-corrected chi connectivity index (χ1v) is 11.0. The topological polar surface area (TPSA) is 76.2 Å². The van der Waals surface area contributed by atoms with Gasteiger partial charge in [-0.15, -0.1) is 0 Å². The highest BCUT2D eigenvalue weighted by molar-refractivity contribution is 7.89. The second kappa shape index (κ2) is 9.01. The summed E-state index contributed by atoms with van der Waals surface area (Å²) in [5, 5.41) is 0. The predicted molar refractivity (Wildman–Crippen MR) is 111 cm³/mol. The maximum absolute atomic E-state index is 13.7. The maximum atomic E-state index is 13.7. The van der Waals surface area contributed by atoms with E-state index in [0.717, 1.165) is 12.1 Å². The molecule has 0 unspecified atom stereocenters. The molecule has 2 aromatic carbocycles. The quantitative estimate of drug-likeness (QED) is 0.696. The Balaban J connectivity index is 1.82. The Morgan fingerprint density at radius 2 is 1.93 bits per heavy atom. The van der Waals surface area contributed by atoms with Gasteiger partial charge in [-0.3, -0.25) is 4.79 Å². The molecule has 0 spiro atoms. The number of amides is 1. The number of methoxy groups -OCH3 is 2. The number of piperidine rings is 1. The molecule has 0 radical (unpaired) electrons. The first kappa shape index (κ1) is 22.0. The van der Waals surface area contributed by atoms with Gasteiger partial charge in [-0.25, -0.2) is 12.8 Å². The second-order valence-electron chi connectivity index (χ2n) is 7.10. The summed E-state index contributed by atoms with van der Waals surface area (Å²) >= 11 is 0. The van der Waals surface area contributed by atoms with Gasteiger partial charge in [0.2, 0.25) is 15.9 Å². The van der Waals surface area contributed by atoms with Crippen LogP contribution >= 0.6 is 0 Å². The molecular formula is C21H25FN2O5S. The van der Waals surface area contributed by atoms with Crippen LogP contribution in [-0.2, 0) is 14.8 Å². The summed E-state index contributed by atoms with van der Waals surface area (Å²) in [6.45, 7) is 0.282. The van der Waals surface area contributed by atoms with Gasteiger partial charge >= 0.3 is 0 Å². The van der Waals surface area contributed by atoms with Crippen molar-refractivity contribution in [3.63, 3.8) is 0 Å². The van der Waals surface area contributed by atoms with E-state index in [-0.39, 0.29) is 29.6 Å². The van der Waals surface area contributed by atoms with Crippen molar-refractivity contribution in [2.45, 2.75) is 17.7 Å². The van der Waals surface area contributed by atoms with E-state index >= 15 is 0 Å². The van der Waals surface area contributed by atoms with E-state index in [1.165, 1.54) is 22.4 Å². The largest absolute Gasteiger partial charge is 0.497 e. The summed E-state index contributed by atoms with van der Waals surface area (Å²) in [5.41, 5.74) is 0.658. The fraction of sp³-hybridized carbons (Fsp3) is 0.381. The molecule has 1 atom stereocenters. The van der Waals surface area contributed by atoms with Crippen molar-refractivity contribution in [3.8, 4) is 11.5 Å². The molecule has 1 amide bonds. The number of sulfonamides is 1. The molecule has 2 aromatic rings. The lowest BCUT2D eigenvalue weighted by Crippen LogP contribution is -2.46. The third kappa shape index (κ3) is 4.41. The number of carbonyl (C=O) groups excluding carboxylic acids is 1. The molecule has 162 valence electrons. The van der Waals surface area contributed by atoms with E-state index in [4.69, 9.17) is 9.47 Å². The maximum Gasteiger partial charge on any atom is 0.246 e. The zero-order chi connectivity index (χ0) is 21.9. The first-order chi connectivity index (χ1) is 14.3. The zero-order valence-electron chi connectivity index (χ0n) is 17.2. The lowest BCUT2D eigenvalue weighted by atomic mass is 9.98. The summed E-state index contributed by atoms with van der Waals surface area (Å²) < 4.78 is 51.6. The van der Waals surface area contributed by atoms with Crippen molar-refractivity contribution in [2.75, 3.05) is 39.3 Å². The summed E-state index contributed by atoms with van der Waals surface area (Å²) in [6.07, 6.45) is 1.10. The minimum atomic E-state index is -4.02. The molecule has 1 heterocycles. The average molecular weight is 437 g/mol.